The van der Waals surface area contributed by atoms with Crippen LogP contribution in [-0.2, 0) is 0 Å². The Kier molecular flexibility index (Phi) is 7.01. The second-order valence-electron chi connectivity index (χ2n) is 11.4. The molecule has 13 nitrogen and oxygen atoms in total. The van der Waals surface area contributed by atoms with Gasteiger partial charge in [0.2, 0.25) is 0 Å². The van der Waals surface area contributed by atoms with Crippen LogP contribution in [0, 0.1) is 113 Å². The first-order chi connectivity index (χ1) is 25.3. The van der Waals surface area contributed by atoms with Crippen LogP contribution in [-0.4, -0.2) is 13.4 Å². The maximum Gasteiger partial charge on any atom is 0.519 e. The topological polar surface area (TPSA) is 281 Å². The third-order valence-corrected chi connectivity index (χ3v) is 9.08. The number of nitriles is 10. The third kappa shape index (κ3) is 4.05. The molecular formula is C37H6B2N10O3. The van der Waals surface area contributed by atoms with Crippen molar-refractivity contribution in [3.05, 3.63) is 91.5 Å². The maximum atomic E-state index is 12.9. The van der Waals surface area contributed by atoms with Crippen LogP contribution in [0.1, 0.15) is 44.5 Å². The molecule has 0 N–H and O–H groups in total. The first-order valence-corrected chi connectivity index (χ1v) is 14.7. The van der Waals surface area contributed by atoms with E-state index in [2.05, 4.69) is 11.9 Å². The first kappa shape index (κ1) is 31.5. The third-order valence-electron chi connectivity index (χ3n) is 9.08. The molecule has 7 rings (SSSR count). The number of rotatable bonds is 2. The Morgan fingerprint density at radius 1 is 0.423 bits per heavy atom. The molecule has 228 valence electrons. The van der Waals surface area contributed by atoms with Crippen LogP contribution in [0.3, 0.4) is 0 Å². The fourth-order valence-electron chi connectivity index (χ4n) is 7.17. The Balaban J connectivity index is 1.58. The van der Waals surface area contributed by atoms with Crippen molar-refractivity contribution in [1.82, 2.24) is 0 Å². The predicted octanol–water partition coefficient (Wildman–Crippen LogP) is 1.84. The number of hydrogen-bond donors (Lipinski definition) is 0. The summed E-state index contributed by atoms with van der Waals surface area (Å²) in [4.78, 5) is 12.9. The lowest BCUT2D eigenvalue weighted by Crippen LogP contribution is -2.40. The average Bonchev–Trinajstić information content (AvgIpc) is 3.83. The monoisotopic (exact) mass is 660 g/mol. The highest BCUT2D eigenvalue weighted by Gasteiger charge is 2.43. The second kappa shape index (κ2) is 11.6. The molecule has 0 atom stereocenters. The lowest BCUT2D eigenvalue weighted by atomic mass is 9.42. The molecule has 0 radical (unpaired) electrons. The second-order valence-corrected chi connectivity index (χ2v) is 11.4. The zero-order chi connectivity index (χ0) is 37.0. The Labute approximate surface area is 293 Å². The summed E-state index contributed by atoms with van der Waals surface area (Å²) < 4.78 is 10.9. The van der Waals surface area contributed by atoms with Gasteiger partial charge in [-0.3, -0.25) is 0 Å². The minimum Gasteiger partial charge on any atom is -0.390 e. The molecular weight excluding hydrogens is 654 g/mol. The summed E-state index contributed by atoms with van der Waals surface area (Å²) in [5.74, 6) is 1.77. The van der Waals surface area contributed by atoms with E-state index < -0.39 is 30.8 Å². The van der Waals surface area contributed by atoms with Crippen LogP contribution < -0.4 is 27.7 Å². The van der Waals surface area contributed by atoms with E-state index in [9.17, 15) is 57.4 Å². The molecule has 0 fully saturated rings. The summed E-state index contributed by atoms with van der Waals surface area (Å²) in [6, 6.07) is 23.9. The molecule has 0 aliphatic carbocycles. The molecule has 5 aromatic rings. The molecule has 2 aliphatic heterocycles. The van der Waals surface area contributed by atoms with Crippen LogP contribution in [0.4, 0.5) is 0 Å². The van der Waals surface area contributed by atoms with Crippen LogP contribution in [0.5, 0.6) is 0 Å². The maximum absolute atomic E-state index is 12.9. The molecule has 0 unspecified atom stereocenters. The highest BCUT2D eigenvalue weighted by Crippen LogP contribution is 2.42. The molecule has 0 spiro atoms. The SMILES string of the molecule is N#CB1c2c(C#N)cc(C#N)cc2-c2cc(C#N)c(-c3oc(=O)oc3-c3c(C#N)cc4c(c3C#N)B(C#N)c3c(C#N)cc(C#N)cc3-4)c(C#N)c21. The highest BCUT2D eigenvalue weighted by atomic mass is 16.6. The van der Waals surface area contributed by atoms with Gasteiger partial charge in [-0.25, -0.2) is 15.3 Å². The molecule has 1 aromatic heterocycles. The predicted molar refractivity (Wildman–Crippen MR) is 178 cm³/mol. The molecule has 52 heavy (non-hydrogen) atoms. The van der Waals surface area contributed by atoms with E-state index in [0.29, 0.717) is 0 Å². The van der Waals surface area contributed by atoms with Crippen molar-refractivity contribution < 1.29 is 8.83 Å². The van der Waals surface area contributed by atoms with Crippen molar-refractivity contribution in [3.8, 4) is 105 Å². The molecule has 0 saturated heterocycles. The molecule has 3 heterocycles. The molecule has 2 aliphatic rings. The van der Waals surface area contributed by atoms with Gasteiger partial charge in [0, 0.05) is 11.9 Å². The van der Waals surface area contributed by atoms with Crippen molar-refractivity contribution in [2.75, 3.05) is 0 Å². The zero-order valence-corrected chi connectivity index (χ0v) is 25.8. The van der Waals surface area contributed by atoms with E-state index in [1.165, 1.54) is 36.4 Å². The Bertz CT molecular complexity index is 2880. The average molecular weight is 660 g/mol. The summed E-state index contributed by atoms with van der Waals surface area (Å²) in [7, 11) is 0. The number of hydrogen-bond acceptors (Lipinski definition) is 13. The van der Waals surface area contributed by atoms with E-state index in [1.807, 2.05) is 48.6 Å². The van der Waals surface area contributed by atoms with Crippen molar-refractivity contribution >= 4 is 35.3 Å². The van der Waals surface area contributed by atoms with Crippen molar-refractivity contribution in [2.24, 2.45) is 0 Å². The number of fused-ring (bicyclic) bond motifs is 6. The van der Waals surface area contributed by atoms with Gasteiger partial charge in [0.15, 0.2) is 11.5 Å². The van der Waals surface area contributed by atoms with Crippen molar-refractivity contribution in [2.45, 2.75) is 0 Å². The summed E-state index contributed by atoms with van der Waals surface area (Å²) in [5, 5.41) is 102. The largest absolute Gasteiger partial charge is 0.519 e. The molecule has 0 bridgehead atoms. The van der Waals surface area contributed by atoms with Gasteiger partial charge in [0.05, 0.1) is 104 Å². The van der Waals surface area contributed by atoms with E-state index in [4.69, 9.17) is 8.83 Å². The van der Waals surface area contributed by atoms with Crippen LogP contribution >= 0.6 is 0 Å². The van der Waals surface area contributed by atoms with Crippen LogP contribution in [0.15, 0.2) is 50.0 Å². The smallest absolute Gasteiger partial charge is 0.390 e. The minimum absolute atomic E-state index is 0.00114. The quantitative estimate of drug-likeness (QED) is 0.245. The number of benzene rings is 4. The standard InChI is InChI=1S/C37H6B2N10O3/c40-7-17-1-21(11-44)31-23(3-17)25-5-19(9-42)29(27(13-46)33(25)38(31)15-48)35-36(52-37(50)51-35)30-20(10-43)6-26-24-4-18(8-41)2-22(12-45)32(24)39(16-49)34(26)28(30)14-47/h1-6H. The highest BCUT2D eigenvalue weighted by molar-refractivity contribution is 6.96. The zero-order valence-electron chi connectivity index (χ0n) is 25.8. The Morgan fingerprint density at radius 2 is 0.788 bits per heavy atom. The fourth-order valence-corrected chi connectivity index (χ4v) is 7.17. The summed E-state index contributed by atoms with van der Waals surface area (Å²) in [6.45, 7) is -2.47. The molecule has 4 aromatic carbocycles. The number of nitrogens with zero attached hydrogens (tertiary/aromatic N) is 10. The van der Waals surface area contributed by atoms with E-state index in [0.717, 1.165) is 0 Å². The fraction of sp³-hybridized carbons (Fsp3) is 0. The summed E-state index contributed by atoms with van der Waals surface area (Å²) >= 11 is 0. The van der Waals surface area contributed by atoms with Gasteiger partial charge in [-0.15, -0.1) is 0 Å². The van der Waals surface area contributed by atoms with Crippen molar-refractivity contribution in [3.63, 3.8) is 0 Å². The van der Waals surface area contributed by atoms with Crippen LogP contribution in [0.2, 0.25) is 0 Å². The Hall–Kier alpha value is -9.08. The Morgan fingerprint density at radius 3 is 1.10 bits per heavy atom. The molecule has 0 saturated carbocycles. The van der Waals surface area contributed by atoms with E-state index >= 15 is 0 Å². The molecule has 0 amide bonds. The lowest BCUT2D eigenvalue weighted by Gasteiger charge is -2.14. The van der Waals surface area contributed by atoms with Gasteiger partial charge in [-0.05, 0) is 80.5 Å². The van der Waals surface area contributed by atoms with Gasteiger partial charge in [-0.1, -0.05) is 0 Å². The lowest BCUT2D eigenvalue weighted by molar-refractivity contribution is 0.393. The van der Waals surface area contributed by atoms with E-state index in [-0.39, 0.29) is 99.7 Å². The van der Waals surface area contributed by atoms with Gasteiger partial charge in [0.25, 0.3) is 0 Å². The molecule has 15 heteroatoms. The van der Waals surface area contributed by atoms with Gasteiger partial charge >= 0.3 is 19.2 Å². The van der Waals surface area contributed by atoms with Gasteiger partial charge in [0.1, 0.15) is 0 Å². The van der Waals surface area contributed by atoms with Crippen molar-refractivity contribution in [1.29, 1.82) is 52.6 Å². The van der Waals surface area contributed by atoms with Crippen LogP contribution in [0.25, 0.3) is 44.9 Å². The minimum atomic E-state index is -1.34. The van der Waals surface area contributed by atoms with Gasteiger partial charge < -0.3 is 8.83 Å². The normalized spacial score (nSPS) is 10.9. The van der Waals surface area contributed by atoms with E-state index in [1.54, 1.807) is 0 Å². The summed E-state index contributed by atoms with van der Waals surface area (Å²) in [5.41, 5.74) is -0.0395. The summed E-state index contributed by atoms with van der Waals surface area (Å²) in [6.07, 6.45) is 0. The van der Waals surface area contributed by atoms with Gasteiger partial charge in [-0.2, -0.15) is 42.1 Å². The first-order valence-electron chi connectivity index (χ1n) is 14.7.